The van der Waals surface area contributed by atoms with Crippen molar-refractivity contribution in [2.75, 3.05) is 12.3 Å². The number of amides is 1. The number of carbonyl (C=O) groups is 1. The number of anilines is 1. The molecule has 1 saturated carbocycles. The number of pyridine rings is 1. The largest absolute Gasteiger partial charge is 0.398 e. The van der Waals surface area contributed by atoms with Crippen molar-refractivity contribution in [3.63, 3.8) is 0 Å². The lowest BCUT2D eigenvalue weighted by atomic mass is 9.70. The number of nitrogen functional groups attached to an aromatic ring is 1. The second kappa shape index (κ2) is 4.35. The molecule has 0 unspecified atom stereocenters. The molecule has 1 aromatic heterocycles. The van der Waals surface area contributed by atoms with Gasteiger partial charge in [-0.25, -0.2) is 0 Å². The Labute approximate surface area is 102 Å². The van der Waals surface area contributed by atoms with Crippen molar-refractivity contribution < 1.29 is 4.79 Å². The van der Waals surface area contributed by atoms with Gasteiger partial charge >= 0.3 is 0 Å². The van der Waals surface area contributed by atoms with Gasteiger partial charge in [-0.05, 0) is 31.2 Å². The average Bonchev–Trinajstić information content (AvgIpc) is 2.23. The molecule has 0 radical (unpaired) electrons. The summed E-state index contributed by atoms with van der Waals surface area (Å²) in [5, 5.41) is 2.94. The van der Waals surface area contributed by atoms with Gasteiger partial charge in [0.05, 0.1) is 5.56 Å². The molecule has 0 aliphatic heterocycles. The van der Waals surface area contributed by atoms with Crippen LogP contribution in [0.5, 0.6) is 0 Å². The van der Waals surface area contributed by atoms with Gasteiger partial charge in [0, 0.05) is 24.1 Å². The van der Waals surface area contributed by atoms with Gasteiger partial charge in [-0.2, -0.15) is 0 Å². The molecule has 0 spiro atoms. The zero-order chi connectivity index (χ0) is 12.5. The predicted molar refractivity (Wildman–Crippen MR) is 67.7 cm³/mol. The van der Waals surface area contributed by atoms with E-state index >= 15 is 0 Å². The second-order valence-corrected chi connectivity index (χ2v) is 5.26. The molecular weight excluding hydrogens is 214 g/mol. The first kappa shape index (κ1) is 11.9. The van der Waals surface area contributed by atoms with Gasteiger partial charge in [0.2, 0.25) is 0 Å². The number of nitrogens with one attached hydrogen (secondary N) is 1. The Balaban J connectivity index is 1.99. The standard InChI is InChI=1S/C13H19N3O/c1-9-6-11(14)10(7-15-9)12(17)16-8-13(2)4-3-5-13/h6-7H,3-5,8H2,1-2H3,(H2,14,15)(H,16,17). The third kappa shape index (κ3) is 2.57. The van der Waals surface area contributed by atoms with Crippen molar-refractivity contribution in [3.05, 3.63) is 23.5 Å². The fourth-order valence-corrected chi connectivity index (χ4v) is 2.12. The topological polar surface area (TPSA) is 68.0 Å². The summed E-state index contributed by atoms with van der Waals surface area (Å²) in [4.78, 5) is 16.0. The minimum atomic E-state index is -0.122. The summed E-state index contributed by atoms with van der Waals surface area (Å²) in [6.07, 6.45) is 5.19. The van der Waals surface area contributed by atoms with Crippen LogP contribution in [0.3, 0.4) is 0 Å². The molecular formula is C13H19N3O. The summed E-state index contributed by atoms with van der Waals surface area (Å²) < 4.78 is 0. The predicted octanol–water partition coefficient (Wildman–Crippen LogP) is 1.89. The van der Waals surface area contributed by atoms with Gasteiger partial charge in [-0.15, -0.1) is 0 Å². The van der Waals surface area contributed by atoms with Gasteiger partial charge in [0.15, 0.2) is 0 Å². The van der Waals surface area contributed by atoms with E-state index in [1.807, 2.05) is 6.92 Å². The van der Waals surface area contributed by atoms with Crippen molar-refractivity contribution in [1.82, 2.24) is 10.3 Å². The van der Waals surface area contributed by atoms with Crippen LogP contribution in [0.1, 0.15) is 42.2 Å². The molecule has 4 heteroatoms. The molecule has 1 aliphatic carbocycles. The van der Waals surface area contributed by atoms with Crippen LogP contribution in [-0.4, -0.2) is 17.4 Å². The first-order chi connectivity index (χ1) is 8.00. The van der Waals surface area contributed by atoms with Crippen LogP contribution in [0.15, 0.2) is 12.3 Å². The zero-order valence-electron chi connectivity index (χ0n) is 10.4. The zero-order valence-corrected chi connectivity index (χ0v) is 10.4. The summed E-state index contributed by atoms with van der Waals surface area (Å²) in [6, 6.07) is 1.72. The molecule has 0 aromatic carbocycles. The fraction of sp³-hybridized carbons (Fsp3) is 0.538. The quantitative estimate of drug-likeness (QED) is 0.837. The van der Waals surface area contributed by atoms with E-state index in [2.05, 4.69) is 17.2 Å². The number of nitrogens with two attached hydrogens (primary N) is 1. The normalized spacial score (nSPS) is 17.3. The molecule has 1 aromatic rings. The maximum Gasteiger partial charge on any atom is 0.254 e. The van der Waals surface area contributed by atoms with Crippen LogP contribution in [0.4, 0.5) is 5.69 Å². The van der Waals surface area contributed by atoms with Crippen LogP contribution in [0.25, 0.3) is 0 Å². The van der Waals surface area contributed by atoms with E-state index in [9.17, 15) is 4.79 Å². The van der Waals surface area contributed by atoms with E-state index < -0.39 is 0 Å². The minimum Gasteiger partial charge on any atom is -0.398 e. The Hall–Kier alpha value is -1.58. The number of aryl methyl sites for hydroxylation is 1. The third-order valence-electron chi connectivity index (χ3n) is 3.55. The van der Waals surface area contributed by atoms with Crippen molar-refractivity contribution in [2.45, 2.75) is 33.1 Å². The Bertz CT molecular complexity index is 438. The summed E-state index contributed by atoms with van der Waals surface area (Å²) >= 11 is 0. The SMILES string of the molecule is Cc1cc(N)c(C(=O)NCC2(C)CCC2)cn1. The first-order valence-corrected chi connectivity index (χ1v) is 6.00. The summed E-state index contributed by atoms with van der Waals surface area (Å²) in [6.45, 7) is 4.78. The average molecular weight is 233 g/mol. The molecule has 4 nitrogen and oxygen atoms in total. The van der Waals surface area contributed by atoms with Gasteiger partial charge in [-0.3, -0.25) is 9.78 Å². The van der Waals surface area contributed by atoms with E-state index in [-0.39, 0.29) is 11.3 Å². The molecule has 0 bridgehead atoms. The highest BCUT2D eigenvalue weighted by atomic mass is 16.1. The van der Waals surface area contributed by atoms with Crippen molar-refractivity contribution in [1.29, 1.82) is 0 Å². The van der Waals surface area contributed by atoms with Crippen molar-refractivity contribution in [2.24, 2.45) is 5.41 Å². The molecule has 92 valence electrons. The van der Waals surface area contributed by atoms with Crippen LogP contribution < -0.4 is 11.1 Å². The molecule has 2 rings (SSSR count). The van der Waals surface area contributed by atoms with E-state index in [1.54, 1.807) is 12.3 Å². The first-order valence-electron chi connectivity index (χ1n) is 6.00. The number of rotatable bonds is 3. The summed E-state index contributed by atoms with van der Waals surface area (Å²) in [7, 11) is 0. The second-order valence-electron chi connectivity index (χ2n) is 5.26. The van der Waals surface area contributed by atoms with Crippen LogP contribution in [0.2, 0.25) is 0 Å². The van der Waals surface area contributed by atoms with Crippen LogP contribution in [-0.2, 0) is 0 Å². The lowest BCUT2D eigenvalue weighted by Gasteiger charge is -2.38. The Kier molecular flexibility index (Phi) is 3.05. The molecule has 1 heterocycles. The maximum atomic E-state index is 11.9. The monoisotopic (exact) mass is 233 g/mol. The lowest BCUT2D eigenvalue weighted by Crippen LogP contribution is -2.40. The maximum absolute atomic E-state index is 11.9. The minimum absolute atomic E-state index is 0.122. The van der Waals surface area contributed by atoms with Crippen molar-refractivity contribution >= 4 is 11.6 Å². The number of carbonyl (C=O) groups excluding carboxylic acids is 1. The number of hydrogen-bond acceptors (Lipinski definition) is 3. The van der Waals surface area contributed by atoms with E-state index in [0.717, 1.165) is 12.2 Å². The van der Waals surface area contributed by atoms with E-state index in [4.69, 9.17) is 5.73 Å². The molecule has 17 heavy (non-hydrogen) atoms. The highest BCUT2D eigenvalue weighted by Gasteiger charge is 2.32. The van der Waals surface area contributed by atoms with Crippen molar-refractivity contribution in [3.8, 4) is 0 Å². The third-order valence-corrected chi connectivity index (χ3v) is 3.55. The molecule has 1 aliphatic rings. The number of hydrogen-bond donors (Lipinski definition) is 2. The Morgan fingerprint density at radius 3 is 2.82 bits per heavy atom. The Morgan fingerprint density at radius 2 is 2.29 bits per heavy atom. The highest BCUT2D eigenvalue weighted by Crippen LogP contribution is 2.39. The van der Waals surface area contributed by atoms with Gasteiger partial charge in [0.25, 0.3) is 5.91 Å². The fourth-order valence-electron chi connectivity index (χ4n) is 2.12. The van der Waals surface area contributed by atoms with Gasteiger partial charge in [-0.1, -0.05) is 13.3 Å². The molecule has 1 fully saturated rings. The van der Waals surface area contributed by atoms with Gasteiger partial charge < -0.3 is 11.1 Å². The van der Waals surface area contributed by atoms with E-state index in [1.165, 1.54) is 19.3 Å². The molecule has 1 amide bonds. The number of aromatic nitrogens is 1. The molecule has 3 N–H and O–H groups in total. The Morgan fingerprint density at radius 1 is 1.59 bits per heavy atom. The highest BCUT2D eigenvalue weighted by molar-refractivity contribution is 5.98. The van der Waals surface area contributed by atoms with E-state index in [0.29, 0.717) is 11.3 Å². The smallest absolute Gasteiger partial charge is 0.254 e. The molecule has 0 atom stereocenters. The summed E-state index contributed by atoms with van der Waals surface area (Å²) in [5.41, 5.74) is 7.88. The summed E-state index contributed by atoms with van der Waals surface area (Å²) in [5.74, 6) is -0.122. The molecule has 0 saturated heterocycles. The number of nitrogens with zero attached hydrogens (tertiary/aromatic N) is 1. The van der Waals surface area contributed by atoms with Crippen LogP contribution >= 0.6 is 0 Å². The lowest BCUT2D eigenvalue weighted by molar-refractivity contribution is 0.0891. The van der Waals surface area contributed by atoms with Gasteiger partial charge in [0.1, 0.15) is 0 Å². The van der Waals surface area contributed by atoms with Crippen LogP contribution in [0, 0.1) is 12.3 Å².